The summed E-state index contributed by atoms with van der Waals surface area (Å²) in [7, 11) is 0. The Morgan fingerprint density at radius 3 is 2.17 bits per heavy atom. The smallest absolute Gasteiger partial charge is 0.0810 e. The second-order valence-electron chi connectivity index (χ2n) is 3.70. The van der Waals surface area contributed by atoms with E-state index < -0.39 is 0 Å². The van der Waals surface area contributed by atoms with E-state index in [4.69, 9.17) is 0 Å². The molecule has 0 spiro atoms. The highest BCUT2D eigenvalue weighted by Gasteiger charge is 2.21. The monoisotopic (exact) mass is 169 g/mol. The average Bonchev–Trinajstić information content (AvgIpc) is 2.05. The van der Waals surface area contributed by atoms with Crippen LogP contribution < -0.4 is 0 Å². The molecule has 0 aromatic rings. The van der Waals surface area contributed by atoms with Gasteiger partial charge in [0.15, 0.2) is 0 Å². The summed E-state index contributed by atoms with van der Waals surface area (Å²) >= 11 is 0. The Morgan fingerprint density at radius 1 is 1.42 bits per heavy atom. The van der Waals surface area contributed by atoms with Gasteiger partial charge < -0.3 is 0 Å². The third kappa shape index (κ3) is 2.76. The first-order valence-electron chi connectivity index (χ1n) is 4.56. The van der Waals surface area contributed by atoms with Crippen LogP contribution in [0.15, 0.2) is 17.5 Å². The summed E-state index contributed by atoms with van der Waals surface area (Å²) in [5.41, 5.74) is 0.499. The van der Waals surface area contributed by atoms with E-state index in [0.29, 0.717) is 17.5 Å². The van der Waals surface area contributed by atoms with Gasteiger partial charge in [0.05, 0.1) is 5.70 Å². The first kappa shape index (κ1) is 11.3. The summed E-state index contributed by atoms with van der Waals surface area (Å²) < 4.78 is 0. The van der Waals surface area contributed by atoms with Crippen molar-refractivity contribution in [3.8, 4) is 0 Å². The molecule has 0 saturated heterocycles. The Labute approximate surface area is 75.0 Å². The molecule has 0 bridgehead atoms. The van der Waals surface area contributed by atoms with E-state index in [1.54, 1.807) is 0 Å². The highest BCUT2D eigenvalue weighted by Crippen LogP contribution is 2.28. The summed E-state index contributed by atoms with van der Waals surface area (Å²) in [4.78, 5) is 10.3. The quantitative estimate of drug-likeness (QED) is 0.578. The standard InChI is InChI=1S/C10H19NO/c1-6-10(9(5)11-12)8(4)7(2)3/h7-8,10H,5-6H2,1-4H3/t8-,10?/m1/s1. The Morgan fingerprint density at radius 2 is 1.92 bits per heavy atom. The van der Waals surface area contributed by atoms with Crippen LogP contribution in [0.1, 0.15) is 34.1 Å². The molecule has 2 heteroatoms. The number of allylic oxidation sites excluding steroid dienone is 1. The zero-order valence-electron chi connectivity index (χ0n) is 8.50. The summed E-state index contributed by atoms with van der Waals surface area (Å²) in [6.45, 7) is 12.2. The van der Waals surface area contributed by atoms with Crippen LogP contribution in [0.2, 0.25) is 0 Å². The molecule has 0 heterocycles. The third-order valence-electron chi connectivity index (χ3n) is 2.67. The summed E-state index contributed by atoms with van der Waals surface area (Å²) in [5, 5.41) is 2.92. The Bertz CT molecular complexity index is 163. The van der Waals surface area contributed by atoms with Crippen molar-refractivity contribution in [1.82, 2.24) is 0 Å². The predicted octanol–water partition coefficient (Wildman–Crippen LogP) is 3.58. The Kier molecular flexibility index (Phi) is 4.79. The van der Waals surface area contributed by atoms with Gasteiger partial charge in [-0.25, -0.2) is 0 Å². The maximum Gasteiger partial charge on any atom is 0.0810 e. The van der Waals surface area contributed by atoms with Crippen molar-refractivity contribution in [3.63, 3.8) is 0 Å². The van der Waals surface area contributed by atoms with E-state index in [1.165, 1.54) is 0 Å². The van der Waals surface area contributed by atoms with E-state index in [1.807, 2.05) is 0 Å². The van der Waals surface area contributed by atoms with Gasteiger partial charge >= 0.3 is 0 Å². The topological polar surface area (TPSA) is 29.4 Å². The van der Waals surface area contributed by atoms with Gasteiger partial charge in [-0.05, 0) is 23.4 Å². The van der Waals surface area contributed by atoms with Crippen LogP contribution >= 0.6 is 0 Å². The van der Waals surface area contributed by atoms with E-state index in [-0.39, 0.29) is 5.92 Å². The molecule has 0 N–H and O–H groups in total. The summed E-state index contributed by atoms with van der Waals surface area (Å²) in [5.74, 6) is 1.32. The Balaban J connectivity index is 4.33. The molecule has 0 aromatic heterocycles. The molecule has 0 fully saturated rings. The normalized spacial score (nSPS) is 15.8. The average molecular weight is 169 g/mol. The molecular formula is C10H19NO. The SMILES string of the molecule is C=C(N=O)C(CC)[C@H](C)C(C)C. The maximum absolute atomic E-state index is 10.3. The molecule has 2 atom stereocenters. The van der Waals surface area contributed by atoms with Crippen molar-refractivity contribution >= 4 is 0 Å². The lowest BCUT2D eigenvalue weighted by molar-refractivity contribution is 0.303. The molecule has 0 aromatic carbocycles. The van der Waals surface area contributed by atoms with Crippen molar-refractivity contribution in [2.45, 2.75) is 34.1 Å². The maximum atomic E-state index is 10.3. The van der Waals surface area contributed by atoms with Crippen molar-refractivity contribution < 1.29 is 0 Å². The van der Waals surface area contributed by atoms with Crippen LogP contribution in [0.4, 0.5) is 0 Å². The minimum absolute atomic E-state index is 0.252. The first-order chi connectivity index (χ1) is 5.54. The fourth-order valence-corrected chi connectivity index (χ4v) is 1.44. The number of nitroso groups, excluding NO2 is 1. The van der Waals surface area contributed by atoms with Gasteiger partial charge in [-0.15, -0.1) is 4.91 Å². The largest absolute Gasteiger partial charge is 0.145 e. The summed E-state index contributed by atoms with van der Waals surface area (Å²) in [6, 6.07) is 0. The van der Waals surface area contributed by atoms with E-state index >= 15 is 0 Å². The molecule has 1 unspecified atom stereocenters. The van der Waals surface area contributed by atoms with Crippen molar-refractivity contribution in [2.24, 2.45) is 22.9 Å². The molecule has 70 valence electrons. The highest BCUT2D eigenvalue weighted by atomic mass is 16.3. The minimum atomic E-state index is 0.252. The number of nitrogens with zero attached hydrogens (tertiary/aromatic N) is 1. The molecule has 12 heavy (non-hydrogen) atoms. The van der Waals surface area contributed by atoms with E-state index in [9.17, 15) is 4.91 Å². The lowest BCUT2D eigenvalue weighted by atomic mass is 9.82. The second-order valence-corrected chi connectivity index (χ2v) is 3.70. The Hall–Kier alpha value is -0.660. The molecular weight excluding hydrogens is 150 g/mol. The van der Waals surface area contributed by atoms with Crippen molar-refractivity contribution in [1.29, 1.82) is 0 Å². The summed E-state index contributed by atoms with van der Waals surface area (Å²) in [6.07, 6.45) is 0.948. The molecule has 0 aliphatic rings. The molecule has 0 amide bonds. The van der Waals surface area contributed by atoms with Crippen LogP contribution in [0.25, 0.3) is 0 Å². The second kappa shape index (κ2) is 5.07. The lowest BCUT2D eigenvalue weighted by Gasteiger charge is -2.24. The molecule has 0 radical (unpaired) electrons. The van der Waals surface area contributed by atoms with E-state index in [2.05, 4.69) is 39.5 Å². The van der Waals surface area contributed by atoms with E-state index in [0.717, 1.165) is 6.42 Å². The van der Waals surface area contributed by atoms with Gasteiger partial charge in [0.25, 0.3) is 0 Å². The van der Waals surface area contributed by atoms with Crippen LogP contribution in [0, 0.1) is 22.7 Å². The zero-order chi connectivity index (χ0) is 9.72. The predicted molar refractivity (Wildman–Crippen MR) is 52.7 cm³/mol. The fraction of sp³-hybridized carbons (Fsp3) is 0.800. The van der Waals surface area contributed by atoms with Gasteiger partial charge in [0.1, 0.15) is 0 Å². The zero-order valence-corrected chi connectivity index (χ0v) is 8.50. The van der Waals surface area contributed by atoms with Gasteiger partial charge in [-0.1, -0.05) is 34.3 Å². The van der Waals surface area contributed by atoms with Crippen LogP contribution in [0.5, 0.6) is 0 Å². The molecule has 0 saturated carbocycles. The number of hydrogen-bond donors (Lipinski definition) is 0. The van der Waals surface area contributed by atoms with Crippen LogP contribution in [-0.4, -0.2) is 0 Å². The van der Waals surface area contributed by atoms with Crippen molar-refractivity contribution in [2.75, 3.05) is 0 Å². The third-order valence-corrected chi connectivity index (χ3v) is 2.67. The van der Waals surface area contributed by atoms with Gasteiger partial charge in [-0.2, -0.15) is 0 Å². The van der Waals surface area contributed by atoms with Gasteiger partial charge in [0, 0.05) is 5.92 Å². The van der Waals surface area contributed by atoms with Gasteiger partial charge in [0.2, 0.25) is 0 Å². The molecule has 0 rings (SSSR count). The first-order valence-corrected chi connectivity index (χ1v) is 4.56. The number of rotatable bonds is 5. The van der Waals surface area contributed by atoms with Gasteiger partial charge in [-0.3, -0.25) is 0 Å². The highest BCUT2D eigenvalue weighted by molar-refractivity contribution is 4.99. The van der Waals surface area contributed by atoms with Crippen LogP contribution in [-0.2, 0) is 0 Å². The molecule has 0 aliphatic heterocycles. The molecule has 0 aliphatic carbocycles. The molecule has 2 nitrogen and oxygen atoms in total. The number of hydrogen-bond acceptors (Lipinski definition) is 2. The fourth-order valence-electron chi connectivity index (χ4n) is 1.44. The minimum Gasteiger partial charge on any atom is -0.145 e. The lowest BCUT2D eigenvalue weighted by Crippen LogP contribution is -2.17. The van der Waals surface area contributed by atoms with Crippen LogP contribution in [0.3, 0.4) is 0 Å². The van der Waals surface area contributed by atoms with Crippen molar-refractivity contribution in [3.05, 3.63) is 17.2 Å².